The van der Waals surface area contributed by atoms with Crippen molar-refractivity contribution in [3.05, 3.63) is 35.0 Å². The predicted molar refractivity (Wildman–Crippen MR) is 64.9 cm³/mol. The van der Waals surface area contributed by atoms with Crippen LogP contribution >= 0.6 is 11.3 Å². The van der Waals surface area contributed by atoms with Gasteiger partial charge in [0.25, 0.3) is 0 Å². The molecule has 5 heteroatoms. The topological polar surface area (TPSA) is 34.1 Å². The van der Waals surface area contributed by atoms with Crippen molar-refractivity contribution in [2.75, 3.05) is 5.75 Å². The van der Waals surface area contributed by atoms with Crippen molar-refractivity contribution in [3.8, 4) is 0 Å². The molecule has 0 aliphatic heterocycles. The van der Waals surface area contributed by atoms with E-state index in [1.54, 1.807) is 24.4 Å². The average Bonchev–Trinajstić information content (AvgIpc) is 2.63. The maximum Gasteiger partial charge on any atom is 0.154 e. The Morgan fingerprint density at radius 1 is 1.38 bits per heavy atom. The van der Waals surface area contributed by atoms with Gasteiger partial charge < -0.3 is 0 Å². The molecule has 0 saturated heterocycles. The first-order valence-electron chi connectivity index (χ1n) is 4.88. The van der Waals surface area contributed by atoms with Crippen molar-refractivity contribution in [2.45, 2.75) is 12.7 Å². The highest BCUT2D eigenvalue weighted by molar-refractivity contribution is 7.90. The van der Waals surface area contributed by atoms with Gasteiger partial charge >= 0.3 is 0 Å². The summed E-state index contributed by atoms with van der Waals surface area (Å²) in [6.07, 6.45) is 0. The van der Waals surface area contributed by atoms with Crippen LogP contribution in [0.25, 0.3) is 10.1 Å². The van der Waals surface area contributed by atoms with Crippen molar-refractivity contribution in [1.29, 1.82) is 0 Å². The summed E-state index contributed by atoms with van der Waals surface area (Å²) in [4.78, 5) is 0. The molecule has 0 atom stereocenters. The van der Waals surface area contributed by atoms with Gasteiger partial charge in [-0.2, -0.15) is 0 Å². The Hall–Kier alpha value is -0.940. The van der Waals surface area contributed by atoms with Crippen LogP contribution in [0.5, 0.6) is 0 Å². The molecule has 86 valence electrons. The van der Waals surface area contributed by atoms with Crippen LogP contribution in [0, 0.1) is 5.82 Å². The van der Waals surface area contributed by atoms with Crippen LogP contribution in [-0.4, -0.2) is 14.2 Å². The predicted octanol–water partition coefficient (Wildman–Crippen LogP) is 2.98. The molecule has 0 radical (unpaired) electrons. The molecule has 0 unspecified atom stereocenters. The summed E-state index contributed by atoms with van der Waals surface area (Å²) in [7, 11) is -3.06. The van der Waals surface area contributed by atoms with Gasteiger partial charge in [0, 0.05) is 5.75 Å². The lowest BCUT2D eigenvalue weighted by Crippen LogP contribution is -2.05. The van der Waals surface area contributed by atoms with Crippen LogP contribution < -0.4 is 0 Å². The summed E-state index contributed by atoms with van der Waals surface area (Å²) in [6, 6.07) is 4.75. The normalized spacial score (nSPS) is 12.1. The van der Waals surface area contributed by atoms with Crippen LogP contribution in [0.1, 0.15) is 12.5 Å². The highest BCUT2D eigenvalue weighted by atomic mass is 32.2. The molecule has 1 aromatic carbocycles. The first-order valence-corrected chi connectivity index (χ1v) is 7.58. The summed E-state index contributed by atoms with van der Waals surface area (Å²) >= 11 is 1.25. The van der Waals surface area contributed by atoms with E-state index in [4.69, 9.17) is 0 Å². The Kier molecular flexibility index (Phi) is 2.99. The molecule has 0 spiro atoms. The van der Waals surface area contributed by atoms with Crippen LogP contribution in [0.2, 0.25) is 0 Å². The highest BCUT2D eigenvalue weighted by Gasteiger charge is 2.14. The number of hydrogen-bond acceptors (Lipinski definition) is 3. The van der Waals surface area contributed by atoms with E-state index < -0.39 is 9.84 Å². The second kappa shape index (κ2) is 4.14. The Bertz CT molecular complexity index is 614. The first kappa shape index (κ1) is 11.5. The molecule has 1 aromatic heterocycles. The van der Waals surface area contributed by atoms with E-state index in [0.717, 1.165) is 0 Å². The van der Waals surface area contributed by atoms with Gasteiger partial charge in [-0.3, -0.25) is 0 Å². The lowest BCUT2D eigenvalue weighted by molar-refractivity contribution is 0.596. The van der Waals surface area contributed by atoms with E-state index >= 15 is 0 Å². The SMILES string of the molecule is CCS(=O)(=O)Cc1csc2c(F)cccc12. The number of hydrogen-bond donors (Lipinski definition) is 0. The summed E-state index contributed by atoms with van der Waals surface area (Å²) in [5.41, 5.74) is 0.696. The largest absolute Gasteiger partial charge is 0.229 e. The minimum absolute atomic E-state index is 0.00699. The molecular weight excluding hydrogens is 247 g/mol. The summed E-state index contributed by atoms with van der Waals surface area (Å²) < 4.78 is 36.9. The smallest absolute Gasteiger partial charge is 0.154 e. The first-order chi connectivity index (χ1) is 7.53. The standard InChI is InChI=1S/C11H11FO2S2/c1-2-16(13,14)7-8-6-15-11-9(8)4-3-5-10(11)12/h3-6H,2,7H2,1H3. The summed E-state index contributed by atoms with van der Waals surface area (Å²) in [5.74, 6) is -0.185. The third-order valence-corrected chi connectivity index (χ3v) is 5.13. The number of fused-ring (bicyclic) bond motifs is 1. The van der Waals surface area contributed by atoms with Gasteiger partial charge in [0.2, 0.25) is 0 Å². The zero-order valence-electron chi connectivity index (χ0n) is 8.73. The fourth-order valence-electron chi connectivity index (χ4n) is 1.53. The Morgan fingerprint density at radius 2 is 2.12 bits per heavy atom. The molecule has 16 heavy (non-hydrogen) atoms. The second-order valence-electron chi connectivity index (χ2n) is 3.55. The highest BCUT2D eigenvalue weighted by Crippen LogP contribution is 2.29. The van der Waals surface area contributed by atoms with Crippen molar-refractivity contribution < 1.29 is 12.8 Å². The molecule has 0 fully saturated rings. The maximum atomic E-state index is 13.4. The molecule has 2 nitrogen and oxygen atoms in total. The van der Waals surface area contributed by atoms with Crippen molar-refractivity contribution in [1.82, 2.24) is 0 Å². The number of halogens is 1. The van der Waals surface area contributed by atoms with Crippen molar-refractivity contribution >= 4 is 31.3 Å². The molecular formula is C11H11FO2S2. The van der Waals surface area contributed by atoms with E-state index in [1.807, 2.05) is 0 Å². The fourth-order valence-corrected chi connectivity index (χ4v) is 3.53. The van der Waals surface area contributed by atoms with Crippen LogP contribution in [0.3, 0.4) is 0 Å². The van der Waals surface area contributed by atoms with Gasteiger partial charge in [0.05, 0.1) is 10.5 Å². The molecule has 2 rings (SSSR count). The zero-order chi connectivity index (χ0) is 11.8. The fraction of sp³-hybridized carbons (Fsp3) is 0.273. The van der Waals surface area contributed by atoms with Crippen LogP contribution in [-0.2, 0) is 15.6 Å². The Morgan fingerprint density at radius 3 is 2.81 bits per heavy atom. The number of benzene rings is 1. The molecule has 0 aliphatic carbocycles. The lowest BCUT2D eigenvalue weighted by atomic mass is 10.2. The molecule has 2 aromatic rings. The third-order valence-electron chi connectivity index (χ3n) is 2.45. The maximum absolute atomic E-state index is 13.4. The van der Waals surface area contributed by atoms with E-state index in [0.29, 0.717) is 15.6 Å². The molecule has 0 amide bonds. The molecule has 0 aliphatic rings. The molecule has 0 saturated carbocycles. The minimum atomic E-state index is -3.06. The van der Waals surface area contributed by atoms with Gasteiger partial charge in [-0.05, 0) is 22.4 Å². The molecule has 1 heterocycles. The zero-order valence-corrected chi connectivity index (χ0v) is 10.4. The molecule has 0 N–H and O–H groups in total. The monoisotopic (exact) mass is 258 g/mol. The average molecular weight is 258 g/mol. The van der Waals surface area contributed by atoms with Gasteiger partial charge in [-0.15, -0.1) is 11.3 Å². The molecule has 0 bridgehead atoms. The van der Waals surface area contributed by atoms with Gasteiger partial charge in [-0.25, -0.2) is 12.8 Å². The Balaban J connectivity index is 2.51. The van der Waals surface area contributed by atoms with Gasteiger partial charge in [0.1, 0.15) is 5.82 Å². The summed E-state index contributed by atoms with van der Waals surface area (Å²) in [5, 5.41) is 2.43. The number of thiophene rings is 1. The number of rotatable bonds is 3. The quantitative estimate of drug-likeness (QED) is 0.848. The Labute approximate surface area is 97.6 Å². The third kappa shape index (κ3) is 2.10. The van der Waals surface area contributed by atoms with E-state index in [-0.39, 0.29) is 17.3 Å². The summed E-state index contributed by atoms with van der Waals surface area (Å²) in [6.45, 7) is 1.62. The van der Waals surface area contributed by atoms with E-state index in [9.17, 15) is 12.8 Å². The van der Waals surface area contributed by atoms with Crippen molar-refractivity contribution in [3.63, 3.8) is 0 Å². The van der Waals surface area contributed by atoms with E-state index in [1.165, 1.54) is 17.4 Å². The van der Waals surface area contributed by atoms with Crippen LogP contribution in [0.15, 0.2) is 23.6 Å². The lowest BCUT2D eigenvalue weighted by Gasteiger charge is -2.00. The second-order valence-corrected chi connectivity index (χ2v) is 6.79. The van der Waals surface area contributed by atoms with Crippen LogP contribution in [0.4, 0.5) is 4.39 Å². The number of sulfone groups is 1. The van der Waals surface area contributed by atoms with Crippen molar-refractivity contribution in [2.24, 2.45) is 0 Å². The minimum Gasteiger partial charge on any atom is -0.229 e. The van der Waals surface area contributed by atoms with Gasteiger partial charge in [-0.1, -0.05) is 19.1 Å². The van der Waals surface area contributed by atoms with Gasteiger partial charge in [0.15, 0.2) is 9.84 Å². The van der Waals surface area contributed by atoms with E-state index in [2.05, 4.69) is 0 Å².